The van der Waals surface area contributed by atoms with Gasteiger partial charge in [-0.3, -0.25) is 4.79 Å². The summed E-state index contributed by atoms with van der Waals surface area (Å²) in [6.45, 7) is 1.23. The first-order valence-electron chi connectivity index (χ1n) is 4.87. The summed E-state index contributed by atoms with van der Waals surface area (Å²) in [6, 6.07) is 0. The van der Waals surface area contributed by atoms with Crippen LogP contribution in [0, 0.1) is 0 Å². The van der Waals surface area contributed by atoms with Crippen molar-refractivity contribution in [2.24, 2.45) is 0 Å². The van der Waals surface area contributed by atoms with Crippen LogP contribution in [0.1, 0.15) is 19.8 Å². The average Bonchev–Trinajstić information content (AvgIpc) is 2.64. The van der Waals surface area contributed by atoms with Crippen LogP contribution < -0.4 is 0 Å². The number of amides is 1. The van der Waals surface area contributed by atoms with Crippen LogP contribution in [0.4, 0.5) is 13.2 Å². The smallest absolute Gasteiger partial charge is 0.359 e. The van der Waals surface area contributed by atoms with Gasteiger partial charge in [0.25, 0.3) is 5.91 Å². The van der Waals surface area contributed by atoms with Crippen LogP contribution in [0.5, 0.6) is 0 Å². The highest BCUT2D eigenvalue weighted by atomic mass is 19.4. The molecule has 0 radical (unpaired) electrons. The molecule has 1 saturated heterocycles. The highest BCUT2D eigenvalue weighted by molar-refractivity contribution is 5.80. The van der Waals surface area contributed by atoms with Gasteiger partial charge in [0.05, 0.1) is 0 Å². The molecule has 1 heterocycles. The van der Waals surface area contributed by atoms with E-state index in [1.165, 1.54) is 6.92 Å². The average molecular weight is 225 g/mol. The summed E-state index contributed by atoms with van der Waals surface area (Å²) in [5.41, 5.74) is 0. The lowest BCUT2D eigenvalue weighted by molar-refractivity contribution is -0.188. The van der Waals surface area contributed by atoms with E-state index in [0.29, 0.717) is 13.1 Å². The van der Waals surface area contributed by atoms with Gasteiger partial charge >= 0.3 is 6.18 Å². The number of carbonyl (C=O) groups is 1. The van der Waals surface area contributed by atoms with Crippen LogP contribution in [-0.4, -0.2) is 42.8 Å². The Hall–Kier alpha value is -0.780. The van der Waals surface area contributed by atoms with Crippen molar-refractivity contribution in [1.29, 1.82) is 0 Å². The lowest BCUT2D eigenvalue weighted by atomic mass is 10.3. The summed E-state index contributed by atoms with van der Waals surface area (Å²) in [7, 11) is 0. The molecule has 0 unspecified atom stereocenters. The summed E-state index contributed by atoms with van der Waals surface area (Å²) in [5.74, 6) is -0.350. The van der Waals surface area contributed by atoms with E-state index in [4.69, 9.17) is 0 Å². The number of carbonyl (C=O) groups excluding carboxylic acids is 1. The molecule has 1 amide bonds. The minimum Gasteiger partial charge on any atom is -0.359 e. The molecule has 0 bridgehead atoms. The molecule has 0 spiro atoms. The monoisotopic (exact) mass is 225 g/mol. The maximum absolute atomic E-state index is 11.8. The largest absolute Gasteiger partial charge is 0.411 e. The van der Waals surface area contributed by atoms with E-state index >= 15 is 0 Å². The number of ether oxygens (including phenoxy) is 1. The van der Waals surface area contributed by atoms with E-state index in [1.807, 2.05) is 0 Å². The number of rotatable bonds is 3. The summed E-state index contributed by atoms with van der Waals surface area (Å²) in [6.07, 6.45) is -3.56. The highest BCUT2D eigenvalue weighted by Gasteiger charge is 2.31. The Balaban J connectivity index is 2.32. The third-order valence-electron chi connectivity index (χ3n) is 2.26. The SMILES string of the molecule is C[C@@H](OCC(F)(F)F)C(=O)N1CCCC1. The Morgan fingerprint density at radius 2 is 1.93 bits per heavy atom. The molecule has 0 aromatic carbocycles. The van der Waals surface area contributed by atoms with Gasteiger partial charge in [-0.05, 0) is 19.8 Å². The standard InChI is InChI=1S/C9H14F3NO2/c1-7(15-6-9(10,11)12)8(14)13-4-2-3-5-13/h7H,2-6H2,1H3/t7-/m1/s1. The molecule has 1 fully saturated rings. The predicted octanol–water partition coefficient (Wildman–Crippen LogP) is 1.58. The molecule has 1 atom stereocenters. The molecule has 1 aliphatic heterocycles. The van der Waals surface area contributed by atoms with Gasteiger partial charge in [0.15, 0.2) is 0 Å². The number of nitrogens with zero attached hydrogens (tertiary/aromatic N) is 1. The Morgan fingerprint density at radius 1 is 1.40 bits per heavy atom. The minimum absolute atomic E-state index is 0.350. The van der Waals surface area contributed by atoms with Crippen LogP contribution >= 0.6 is 0 Å². The molecular weight excluding hydrogens is 211 g/mol. The van der Waals surface area contributed by atoms with Crippen LogP contribution in [0.15, 0.2) is 0 Å². The number of hydrogen-bond acceptors (Lipinski definition) is 2. The normalized spacial score (nSPS) is 19.3. The fourth-order valence-electron chi connectivity index (χ4n) is 1.49. The lowest BCUT2D eigenvalue weighted by Crippen LogP contribution is -2.38. The molecule has 6 heteroatoms. The highest BCUT2D eigenvalue weighted by Crippen LogP contribution is 2.17. The van der Waals surface area contributed by atoms with Crippen molar-refractivity contribution in [1.82, 2.24) is 4.90 Å². The number of alkyl halides is 3. The zero-order valence-corrected chi connectivity index (χ0v) is 8.51. The molecular formula is C9H14F3NO2. The van der Waals surface area contributed by atoms with E-state index in [1.54, 1.807) is 4.90 Å². The van der Waals surface area contributed by atoms with Crippen molar-refractivity contribution in [2.75, 3.05) is 19.7 Å². The molecule has 0 aliphatic carbocycles. The molecule has 3 nitrogen and oxygen atoms in total. The van der Waals surface area contributed by atoms with E-state index in [0.717, 1.165) is 12.8 Å². The van der Waals surface area contributed by atoms with Crippen molar-refractivity contribution in [3.8, 4) is 0 Å². The van der Waals surface area contributed by atoms with Gasteiger partial charge < -0.3 is 9.64 Å². The van der Waals surface area contributed by atoms with Gasteiger partial charge in [0, 0.05) is 13.1 Å². The first-order chi connectivity index (χ1) is 6.90. The second-order valence-electron chi connectivity index (χ2n) is 3.60. The van der Waals surface area contributed by atoms with Crippen LogP contribution in [0.3, 0.4) is 0 Å². The van der Waals surface area contributed by atoms with Crippen LogP contribution in [-0.2, 0) is 9.53 Å². The number of halogens is 3. The van der Waals surface area contributed by atoms with Crippen molar-refractivity contribution in [3.63, 3.8) is 0 Å². The van der Waals surface area contributed by atoms with E-state index < -0.39 is 18.9 Å². The Bertz CT molecular complexity index is 224. The van der Waals surface area contributed by atoms with Crippen LogP contribution in [0.2, 0.25) is 0 Å². The van der Waals surface area contributed by atoms with Gasteiger partial charge in [0.1, 0.15) is 12.7 Å². The summed E-state index contributed by atoms with van der Waals surface area (Å²) >= 11 is 0. The Kier molecular flexibility index (Phi) is 3.96. The topological polar surface area (TPSA) is 29.5 Å². The molecule has 88 valence electrons. The molecule has 1 aliphatic rings. The summed E-state index contributed by atoms with van der Waals surface area (Å²) in [4.78, 5) is 13.0. The fraction of sp³-hybridized carbons (Fsp3) is 0.889. The number of likely N-dealkylation sites (tertiary alicyclic amines) is 1. The van der Waals surface area contributed by atoms with Crippen molar-refractivity contribution < 1.29 is 22.7 Å². The fourth-order valence-corrected chi connectivity index (χ4v) is 1.49. The predicted molar refractivity (Wildman–Crippen MR) is 47.3 cm³/mol. The van der Waals surface area contributed by atoms with E-state index in [2.05, 4.69) is 4.74 Å². The molecule has 0 saturated carbocycles. The zero-order chi connectivity index (χ0) is 11.5. The summed E-state index contributed by atoms with van der Waals surface area (Å²) < 4.78 is 39.9. The van der Waals surface area contributed by atoms with Crippen molar-refractivity contribution >= 4 is 5.91 Å². The van der Waals surface area contributed by atoms with E-state index in [9.17, 15) is 18.0 Å². The van der Waals surface area contributed by atoms with Gasteiger partial charge in [-0.2, -0.15) is 13.2 Å². The Morgan fingerprint density at radius 3 is 2.40 bits per heavy atom. The first-order valence-corrected chi connectivity index (χ1v) is 4.87. The molecule has 15 heavy (non-hydrogen) atoms. The molecule has 0 N–H and O–H groups in total. The van der Waals surface area contributed by atoms with Crippen LogP contribution in [0.25, 0.3) is 0 Å². The van der Waals surface area contributed by atoms with Gasteiger partial charge in [-0.15, -0.1) is 0 Å². The Labute approximate surface area is 86.2 Å². The first kappa shape index (κ1) is 12.3. The zero-order valence-electron chi connectivity index (χ0n) is 8.51. The molecule has 1 rings (SSSR count). The van der Waals surface area contributed by atoms with Crippen molar-refractivity contribution in [2.45, 2.75) is 32.0 Å². The summed E-state index contributed by atoms with van der Waals surface area (Å²) in [5, 5.41) is 0. The second kappa shape index (κ2) is 4.83. The maximum Gasteiger partial charge on any atom is 0.411 e. The van der Waals surface area contributed by atoms with Gasteiger partial charge in [-0.25, -0.2) is 0 Å². The molecule has 0 aromatic heterocycles. The third kappa shape index (κ3) is 4.07. The number of hydrogen-bond donors (Lipinski definition) is 0. The lowest BCUT2D eigenvalue weighted by Gasteiger charge is -2.20. The third-order valence-corrected chi connectivity index (χ3v) is 2.26. The minimum atomic E-state index is -4.38. The van der Waals surface area contributed by atoms with E-state index in [-0.39, 0.29) is 5.91 Å². The second-order valence-corrected chi connectivity index (χ2v) is 3.60. The van der Waals surface area contributed by atoms with Gasteiger partial charge in [0.2, 0.25) is 0 Å². The van der Waals surface area contributed by atoms with Gasteiger partial charge in [-0.1, -0.05) is 0 Å². The molecule has 0 aromatic rings. The quantitative estimate of drug-likeness (QED) is 0.729. The van der Waals surface area contributed by atoms with Crippen molar-refractivity contribution in [3.05, 3.63) is 0 Å². The maximum atomic E-state index is 11.8.